The van der Waals surface area contributed by atoms with Gasteiger partial charge in [-0.1, -0.05) is 0 Å². The molecule has 0 saturated heterocycles. The molecule has 0 aliphatic rings. The number of carboxylic acids is 1. The van der Waals surface area contributed by atoms with E-state index >= 15 is 0 Å². The monoisotopic (exact) mass is 245 g/mol. The highest BCUT2D eigenvalue weighted by molar-refractivity contribution is 5.83. The predicted molar refractivity (Wildman–Crippen MR) is 52.2 cm³/mol. The number of benzene rings is 1. The van der Waals surface area contributed by atoms with Crippen LogP contribution in [0.5, 0.6) is 5.75 Å². The van der Waals surface area contributed by atoms with E-state index in [1.54, 1.807) is 0 Å². The van der Waals surface area contributed by atoms with Crippen molar-refractivity contribution in [2.75, 3.05) is 0 Å². The largest absolute Gasteiger partial charge is 0.508 e. The first-order chi connectivity index (χ1) is 7.82. The van der Waals surface area contributed by atoms with Gasteiger partial charge in [0.2, 0.25) is 5.91 Å². The van der Waals surface area contributed by atoms with Gasteiger partial charge in [-0.25, -0.2) is 13.6 Å². The molecule has 0 fully saturated rings. The van der Waals surface area contributed by atoms with Crippen LogP contribution >= 0.6 is 0 Å². The van der Waals surface area contributed by atoms with Gasteiger partial charge in [-0.3, -0.25) is 4.79 Å². The van der Waals surface area contributed by atoms with Crippen molar-refractivity contribution in [3.63, 3.8) is 0 Å². The fraction of sp³-hybridized carbons (Fsp3) is 0.200. The fourth-order valence-corrected chi connectivity index (χ4v) is 1.31. The van der Waals surface area contributed by atoms with Crippen molar-refractivity contribution in [3.8, 4) is 5.75 Å². The lowest BCUT2D eigenvalue weighted by molar-refractivity contribution is -0.141. The molecule has 1 aromatic carbocycles. The normalized spacial score (nSPS) is 11.9. The van der Waals surface area contributed by atoms with Crippen LogP contribution in [0.1, 0.15) is 18.5 Å². The molecule has 92 valence electrons. The van der Waals surface area contributed by atoms with Crippen LogP contribution in [-0.2, 0) is 9.59 Å². The molecule has 0 bridgehead atoms. The molecule has 3 N–H and O–H groups in total. The Morgan fingerprint density at radius 3 is 2.12 bits per heavy atom. The number of rotatable bonds is 3. The van der Waals surface area contributed by atoms with E-state index < -0.39 is 40.9 Å². The van der Waals surface area contributed by atoms with E-state index in [-0.39, 0.29) is 0 Å². The number of carbonyl (C=O) groups excluding carboxylic acids is 1. The first kappa shape index (κ1) is 12.9. The molecule has 0 aromatic heterocycles. The first-order valence-electron chi connectivity index (χ1n) is 4.50. The molecular formula is C10H9F2NO4. The summed E-state index contributed by atoms with van der Waals surface area (Å²) in [6.07, 6.45) is 0. The Morgan fingerprint density at radius 2 is 1.76 bits per heavy atom. The average Bonchev–Trinajstić information content (AvgIpc) is 2.13. The van der Waals surface area contributed by atoms with Gasteiger partial charge in [0.1, 0.15) is 17.4 Å². The maximum atomic E-state index is 13.4. The molecule has 0 aliphatic carbocycles. The summed E-state index contributed by atoms with van der Waals surface area (Å²) in [7, 11) is 0. The van der Waals surface area contributed by atoms with Crippen LogP contribution in [0.4, 0.5) is 8.78 Å². The molecule has 1 aromatic rings. The Balaban J connectivity index is 3.28. The van der Waals surface area contributed by atoms with E-state index in [2.05, 4.69) is 0 Å². The molecule has 1 atom stereocenters. The third kappa shape index (κ3) is 2.90. The second-order valence-electron chi connectivity index (χ2n) is 3.29. The second kappa shape index (κ2) is 4.77. The summed E-state index contributed by atoms with van der Waals surface area (Å²) in [5.74, 6) is -5.52. The van der Waals surface area contributed by atoms with Crippen molar-refractivity contribution in [2.24, 2.45) is 0 Å². The molecule has 0 heterocycles. The summed E-state index contributed by atoms with van der Waals surface area (Å²) in [6.45, 7) is 1.02. The van der Waals surface area contributed by atoms with E-state index in [0.717, 1.165) is 6.92 Å². The second-order valence-corrected chi connectivity index (χ2v) is 3.29. The van der Waals surface area contributed by atoms with Crippen molar-refractivity contribution in [3.05, 3.63) is 29.3 Å². The number of halogens is 2. The molecule has 1 unspecified atom stereocenters. The highest BCUT2D eigenvalue weighted by Gasteiger charge is 2.28. The topological polar surface area (TPSA) is 86.6 Å². The van der Waals surface area contributed by atoms with E-state index in [0.29, 0.717) is 12.1 Å². The molecule has 0 aliphatic heterocycles. The van der Waals surface area contributed by atoms with Gasteiger partial charge in [0.05, 0.1) is 5.56 Å². The van der Waals surface area contributed by atoms with Gasteiger partial charge < -0.3 is 15.5 Å². The molecule has 0 radical (unpaired) electrons. The number of aromatic hydroxyl groups is 1. The number of nitrogens with one attached hydrogen (secondary N) is 1. The van der Waals surface area contributed by atoms with Gasteiger partial charge in [-0.15, -0.1) is 0 Å². The highest BCUT2D eigenvalue weighted by atomic mass is 19.1. The van der Waals surface area contributed by atoms with Crippen LogP contribution in [0.15, 0.2) is 12.1 Å². The zero-order valence-corrected chi connectivity index (χ0v) is 8.70. The van der Waals surface area contributed by atoms with Crippen molar-refractivity contribution < 1.29 is 28.6 Å². The van der Waals surface area contributed by atoms with E-state index in [1.807, 2.05) is 5.32 Å². The first-order valence-corrected chi connectivity index (χ1v) is 4.50. The van der Waals surface area contributed by atoms with Crippen molar-refractivity contribution >= 4 is 11.9 Å². The maximum Gasteiger partial charge on any atom is 0.331 e. The summed E-state index contributed by atoms with van der Waals surface area (Å²) in [5.41, 5.74) is -0.828. The van der Waals surface area contributed by atoms with Crippen LogP contribution in [0, 0.1) is 11.6 Å². The highest BCUT2D eigenvalue weighted by Crippen LogP contribution is 2.25. The van der Waals surface area contributed by atoms with Gasteiger partial charge in [0, 0.05) is 19.1 Å². The van der Waals surface area contributed by atoms with Crippen LogP contribution < -0.4 is 5.32 Å². The zero-order chi connectivity index (χ0) is 13.2. The van der Waals surface area contributed by atoms with E-state index in [9.17, 15) is 18.4 Å². The lowest BCUT2D eigenvalue weighted by Gasteiger charge is -2.15. The summed E-state index contributed by atoms with van der Waals surface area (Å²) < 4.78 is 26.7. The van der Waals surface area contributed by atoms with Gasteiger partial charge in [-0.2, -0.15) is 0 Å². The number of amides is 1. The van der Waals surface area contributed by atoms with Crippen LogP contribution in [-0.4, -0.2) is 22.1 Å². The quantitative estimate of drug-likeness (QED) is 0.739. The zero-order valence-electron chi connectivity index (χ0n) is 8.70. The fourth-order valence-electron chi connectivity index (χ4n) is 1.31. The Hall–Kier alpha value is -2.18. The molecular weight excluding hydrogens is 236 g/mol. The summed E-state index contributed by atoms with van der Waals surface area (Å²) in [6, 6.07) is -0.708. The molecule has 5 nitrogen and oxygen atoms in total. The number of hydrogen-bond acceptors (Lipinski definition) is 3. The van der Waals surface area contributed by atoms with Gasteiger partial charge in [-0.05, 0) is 0 Å². The number of carbonyl (C=O) groups is 2. The minimum absolute atomic E-state index is 0.566. The SMILES string of the molecule is CC(=O)NC(C(=O)O)c1c(F)cc(O)cc1F. The number of aliphatic carboxylic acids is 1. The average molecular weight is 245 g/mol. The molecule has 1 rings (SSSR count). The van der Waals surface area contributed by atoms with Crippen LogP contribution in [0.2, 0.25) is 0 Å². The Labute approximate surface area is 94.7 Å². The van der Waals surface area contributed by atoms with Gasteiger partial charge in [0.15, 0.2) is 6.04 Å². The lowest BCUT2D eigenvalue weighted by Crippen LogP contribution is -2.33. The van der Waals surface area contributed by atoms with Crippen LogP contribution in [0.3, 0.4) is 0 Å². The maximum absolute atomic E-state index is 13.4. The van der Waals surface area contributed by atoms with Gasteiger partial charge >= 0.3 is 5.97 Å². The number of carboxylic acid groups (broad SMARTS) is 1. The van der Waals surface area contributed by atoms with Crippen LogP contribution in [0.25, 0.3) is 0 Å². The van der Waals surface area contributed by atoms with Gasteiger partial charge in [0.25, 0.3) is 0 Å². The predicted octanol–water partition coefficient (Wildman–Crippen LogP) is 0.932. The third-order valence-corrected chi connectivity index (χ3v) is 1.95. The van der Waals surface area contributed by atoms with E-state index in [4.69, 9.17) is 10.2 Å². The molecule has 1 amide bonds. The lowest BCUT2D eigenvalue weighted by atomic mass is 10.1. The molecule has 0 spiro atoms. The standard InChI is InChI=1S/C10H9F2NO4/c1-4(14)13-9(10(16)17)8-6(11)2-5(15)3-7(8)12/h2-3,9,15H,1H3,(H,13,14)(H,16,17). The molecule has 7 heteroatoms. The van der Waals surface area contributed by atoms with Crippen molar-refractivity contribution in [1.82, 2.24) is 5.32 Å². The summed E-state index contributed by atoms with van der Waals surface area (Å²) in [4.78, 5) is 21.6. The minimum atomic E-state index is -1.84. The van der Waals surface area contributed by atoms with Crippen molar-refractivity contribution in [1.29, 1.82) is 0 Å². The Bertz CT molecular complexity index is 452. The summed E-state index contributed by atoms with van der Waals surface area (Å²) in [5, 5.41) is 19.6. The number of phenolic OH excluding ortho intramolecular Hbond substituents is 1. The molecule has 17 heavy (non-hydrogen) atoms. The molecule has 0 saturated carbocycles. The summed E-state index contributed by atoms with van der Waals surface area (Å²) >= 11 is 0. The third-order valence-electron chi connectivity index (χ3n) is 1.95. The number of hydrogen-bond donors (Lipinski definition) is 3. The smallest absolute Gasteiger partial charge is 0.331 e. The van der Waals surface area contributed by atoms with E-state index in [1.165, 1.54) is 0 Å². The Kier molecular flexibility index (Phi) is 3.62. The van der Waals surface area contributed by atoms with Crippen molar-refractivity contribution in [2.45, 2.75) is 13.0 Å². The minimum Gasteiger partial charge on any atom is -0.508 e. The number of phenols is 1. The Morgan fingerprint density at radius 1 is 1.29 bits per heavy atom.